The lowest BCUT2D eigenvalue weighted by atomic mass is 10.0. The third-order valence-corrected chi connectivity index (χ3v) is 3.31. The van der Waals surface area contributed by atoms with Gasteiger partial charge in [0.1, 0.15) is 5.82 Å². The van der Waals surface area contributed by atoms with Gasteiger partial charge in [0.2, 0.25) is 0 Å². The van der Waals surface area contributed by atoms with Gasteiger partial charge in [0.05, 0.1) is 5.69 Å². The highest BCUT2D eigenvalue weighted by Gasteiger charge is 2.18. The first-order chi connectivity index (χ1) is 8.58. The van der Waals surface area contributed by atoms with Crippen LogP contribution in [0.15, 0.2) is 18.2 Å². The zero-order chi connectivity index (χ0) is 13.1. The number of rotatable bonds is 4. The van der Waals surface area contributed by atoms with Gasteiger partial charge in [0.15, 0.2) is 5.78 Å². The highest BCUT2D eigenvalue weighted by Crippen LogP contribution is 2.25. The van der Waals surface area contributed by atoms with Crippen LogP contribution in [0.1, 0.15) is 43.5 Å². The van der Waals surface area contributed by atoms with Gasteiger partial charge in [-0.1, -0.05) is 13.8 Å². The minimum Gasteiger partial charge on any atom is -0.369 e. The molecular formula is C15H20FNO. The van der Waals surface area contributed by atoms with E-state index in [1.807, 2.05) is 18.7 Å². The van der Waals surface area contributed by atoms with Crippen molar-refractivity contribution < 1.29 is 9.18 Å². The first-order valence-corrected chi connectivity index (χ1v) is 6.65. The number of halogens is 1. The van der Waals surface area contributed by atoms with E-state index in [9.17, 15) is 9.18 Å². The molecule has 0 N–H and O–H groups in total. The fraction of sp³-hybridized carbons (Fsp3) is 0.533. The Morgan fingerprint density at radius 2 is 2.00 bits per heavy atom. The first-order valence-electron chi connectivity index (χ1n) is 6.65. The molecule has 3 heteroatoms. The maximum atomic E-state index is 13.8. The molecule has 1 aliphatic rings. The number of hydrogen-bond acceptors (Lipinski definition) is 2. The Labute approximate surface area is 108 Å². The summed E-state index contributed by atoms with van der Waals surface area (Å²) in [6, 6.07) is 4.73. The molecule has 0 spiro atoms. The maximum absolute atomic E-state index is 13.8. The number of ketones is 1. The highest BCUT2D eigenvalue weighted by atomic mass is 19.1. The average molecular weight is 249 g/mol. The number of carbonyl (C=O) groups excluding carboxylic acids is 1. The van der Waals surface area contributed by atoms with E-state index in [-0.39, 0.29) is 11.6 Å². The van der Waals surface area contributed by atoms with Crippen molar-refractivity contribution in [3.05, 3.63) is 29.6 Å². The second-order valence-electron chi connectivity index (χ2n) is 5.38. The van der Waals surface area contributed by atoms with Gasteiger partial charge in [-0.05, 0) is 37.0 Å². The van der Waals surface area contributed by atoms with Crippen molar-refractivity contribution in [3.8, 4) is 0 Å². The summed E-state index contributed by atoms with van der Waals surface area (Å²) >= 11 is 0. The zero-order valence-corrected chi connectivity index (χ0v) is 11.1. The lowest BCUT2D eigenvalue weighted by molar-refractivity contribution is 0.0968. The van der Waals surface area contributed by atoms with E-state index in [2.05, 4.69) is 0 Å². The number of anilines is 1. The van der Waals surface area contributed by atoms with Crippen LogP contribution in [-0.2, 0) is 0 Å². The van der Waals surface area contributed by atoms with Crippen molar-refractivity contribution in [2.45, 2.75) is 33.1 Å². The standard InChI is InChI=1S/C15H20FNO/c1-11(2)9-15(18)12-5-6-13(16)14(10-12)17-7-3-4-8-17/h5-6,10-11H,3-4,7-9H2,1-2H3. The minimum atomic E-state index is -0.224. The van der Waals surface area contributed by atoms with Crippen LogP contribution in [0, 0.1) is 11.7 Å². The summed E-state index contributed by atoms with van der Waals surface area (Å²) < 4.78 is 13.8. The number of carbonyl (C=O) groups is 1. The molecule has 0 unspecified atom stereocenters. The van der Waals surface area contributed by atoms with Crippen LogP contribution in [-0.4, -0.2) is 18.9 Å². The van der Waals surface area contributed by atoms with Crippen LogP contribution in [0.2, 0.25) is 0 Å². The Hall–Kier alpha value is -1.38. The molecule has 18 heavy (non-hydrogen) atoms. The Kier molecular flexibility index (Phi) is 4.00. The maximum Gasteiger partial charge on any atom is 0.163 e. The van der Waals surface area contributed by atoms with Crippen LogP contribution in [0.25, 0.3) is 0 Å². The van der Waals surface area contributed by atoms with Crippen molar-refractivity contribution in [1.82, 2.24) is 0 Å². The monoisotopic (exact) mass is 249 g/mol. The van der Waals surface area contributed by atoms with Gasteiger partial charge in [-0.25, -0.2) is 4.39 Å². The van der Waals surface area contributed by atoms with Crippen molar-refractivity contribution in [3.63, 3.8) is 0 Å². The van der Waals surface area contributed by atoms with E-state index in [0.717, 1.165) is 25.9 Å². The van der Waals surface area contributed by atoms with Crippen LogP contribution in [0.3, 0.4) is 0 Å². The predicted molar refractivity (Wildman–Crippen MR) is 71.6 cm³/mol. The fourth-order valence-electron chi connectivity index (χ4n) is 2.38. The molecule has 0 aliphatic carbocycles. The molecule has 98 valence electrons. The molecule has 0 amide bonds. The van der Waals surface area contributed by atoms with Gasteiger partial charge in [0, 0.05) is 25.1 Å². The van der Waals surface area contributed by atoms with E-state index in [0.29, 0.717) is 23.6 Å². The molecule has 0 atom stereocenters. The van der Waals surface area contributed by atoms with Gasteiger partial charge in [-0.3, -0.25) is 4.79 Å². The quantitative estimate of drug-likeness (QED) is 0.759. The van der Waals surface area contributed by atoms with Crippen LogP contribution in [0.5, 0.6) is 0 Å². The largest absolute Gasteiger partial charge is 0.369 e. The minimum absolute atomic E-state index is 0.102. The Balaban J connectivity index is 2.22. The average Bonchev–Trinajstić information content (AvgIpc) is 2.82. The van der Waals surface area contributed by atoms with Crippen LogP contribution < -0.4 is 4.90 Å². The molecule has 1 aromatic carbocycles. The van der Waals surface area contributed by atoms with Crippen molar-refractivity contribution in [2.24, 2.45) is 5.92 Å². The number of benzene rings is 1. The number of hydrogen-bond donors (Lipinski definition) is 0. The SMILES string of the molecule is CC(C)CC(=O)c1ccc(F)c(N2CCCC2)c1. The van der Waals surface area contributed by atoms with Crippen LogP contribution in [0.4, 0.5) is 10.1 Å². The molecule has 2 nitrogen and oxygen atoms in total. The second-order valence-corrected chi connectivity index (χ2v) is 5.38. The molecule has 1 fully saturated rings. The molecule has 1 aliphatic heterocycles. The van der Waals surface area contributed by atoms with Gasteiger partial charge >= 0.3 is 0 Å². The first kappa shape index (κ1) is 13.1. The second kappa shape index (κ2) is 5.51. The molecule has 0 radical (unpaired) electrons. The topological polar surface area (TPSA) is 20.3 Å². The summed E-state index contributed by atoms with van der Waals surface area (Å²) in [4.78, 5) is 14.0. The summed E-state index contributed by atoms with van der Waals surface area (Å²) in [7, 11) is 0. The van der Waals surface area contributed by atoms with Crippen molar-refractivity contribution >= 4 is 11.5 Å². The summed E-state index contributed by atoms with van der Waals surface area (Å²) in [5, 5.41) is 0. The van der Waals surface area contributed by atoms with E-state index in [4.69, 9.17) is 0 Å². The molecule has 0 bridgehead atoms. The Bertz CT molecular complexity index is 436. The van der Waals surface area contributed by atoms with Crippen LogP contribution >= 0.6 is 0 Å². The smallest absolute Gasteiger partial charge is 0.163 e. The zero-order valence-electron chi connectivity index (χ0n) is 11.1. The third-order valence-electron chi connectivity index (χ3n) is 3.31. The molecule has 2 rings (SSSR count). The Morgan fingerprint density at radius 1 is 1.33 bits per heavy atom. The van der Waals surface area contributed by atoms with E-state index >= 15 is 0 Å². The Morgan fingerprint density at radius 3 is 2.61 bits per heavy atom. The summed E-state index contributed by atoms with van der Waals surface area (Å²) in [5.74, 6) is 0.209. The summed E-state index contributed by atoms with van der Waals surface area (Å²) in [6.07, 6.45) is 2.72. The van der Waals surface area contributed by atoms with Crippen molar-refractivity contribution in [2.75, 3.05) is 18.0 Å². The number of nitrogens with zero attached hydrogens (tertiary/aromatic N) is 1. The predicted octanol–water partition coefficient (Wildman–Crippen LogP) is 3.65. The van der Waals surface area contributed by atoms with Gasteiger partial charge in [-0.15, -0.1) is 0 Å². The molecule has 0 saturated carbocycles. The lowest BCUT2D eigenvalue weighted by Crippen LogP contribution is -2.19. The highest BCUT2D eigenvalue weighted by molar-refractivity contribution is 5.97. The molecule has 1 aromatic rings. The summed E-state index contributed by atoms with van der Waals surface area (Å²) in [6.45, 7) is 5.81. The van der Waals surface area contributed by atoms with Gasteiger partial charge in [0.25, 0.3) is 0 Å². The van der Waals surface area contributed by atoms with Crippen molar-refractivity contribution in [1.29, 1.82) is 0 Å². The summed E-state index contributed by atoms with van der Waals surface area (Å²) in [5.41, 5.74) is 1.22. The molecule has 1 saturated heterocycles. The van der Waals surface area contributed by atoms with E-state index in [1.165, 1.54) is 6.07 Å². The van der Waals surface area contributed by atoms with E-state index < -0.39 is 0 Å². The van der Waals surface area contributed by atoms with Gasteiger partial charge in [-0.2, -0.15) is 0 Å². The van der Waals surface area contributed by atoms with Gasteiger partial charge < -0.3 is 4.90 Å². The molecule has 1 heterocycles. The molecular weight excluding hydrogens is 229 g/mol. The molecule has 0 aromatic heterocycles. The van der Waals surface area contributed by atoms with E-state index in [1.54, 1.807) is 12.1 Å². The fourth-order valence-corrected chi connectivity index (χ4v) is 2.38. The third kappa shape index (κ3) is 2.89. The normalized spacial score (nSPS) is 15.4. The lowest BCUT2D eigenvalue weighted by Gasteiger charge is -2.19. The number of Topliss-reactive ketones (excluding diaryl/α,β-unsaturated/α-hetero) is 1.